The lowest BCUT2D eigenvalue weighted by atomic mass is 9.69. The van der Waals surface area contributed by atoms with Gasteiger partial charge in [-0.15, -0.1) is 0 Å². The van der Waals surface area contributed by atoms with Crippen molar-refractivity contribution in [3.8, 4) is 11.4 Å². The van der Waals surface area contributed by atoms with Gasteiger partial charge in [-0.25, -0.2) is 9.78 Å². The number of H-pyrrole nitrogens is 1. The van der Waals surface area contributed by atoms with Gasteiger partial charge in [-0.05, 0) is 36.3 Å². The van der Waals surface area contributed by atoms with Gasteiger partial charge >= 0.3 is 6.03 Å². The van der Waals surface area contributed by atoms with E-state index in [2.05, 4.69) is 51.6 Å². The van der Waals surface area contributed by atoms with Crippen LogP contribution in [0.1, 0.15) is 52.3 Å². The van der Waals surface area contributed by atoms with Crippen molar-refractivity contribution in [3.63, 3.8) is 0 Å². The Hall–Kier alpha value is -2.44. The molecule has 1 fully saturated rings. The molecule has 0 radical (unpaired) electrons. The highest BCUT2D eigenvalue weighted by atomic mass is 16.2. The van der Waals surface area contributed by atoms with Gasteiger partial charge < -0.3 is 10.6 Å². The number of pyridine rings is 1. The van der Waals surface area contributed by atoms with Gasteiger partial charge in [-0.3, -0.25) is 10.1 Å². The molecule has 26 heavy (non-hydrogen) atoms. The number of aromatic nitrogens is 4. The van der Waals surface area contributed by atoms with Crippen LogP contribution in [-0.4, -0.2) is 32.2 Å². The van der Waals surface area contributed by atoms with E-state index >= 15 is 0 Å². The lowest BCUT2D eigenvalue weighted by Crippen LogP contribution is -2.49. The quantitative estimate of drug-likeness (QED) is 0.783. The number of rotatable bonds is 4. The van der Waals surface area contributed by atoms with Crippen molar-refractivity contribution in [1.82, 2.24) is 30.8 Å². The molecule has 0 spiro atoms. The molecular weight excluding hydrogens is 328 g/mol. The minimum Gasteiger partial charge on any atom is -0.335 e. The smallest absolute Gasteiger partial charge is 0.315 e. The average molecular weight is 356 g/mol. The fourth-order valence-corrected chi connectivity index (χ4v) is 3.73. The molecule has 2 heterocycles. The zero-order chi connectivity index (χ0) is 18.6. The average Bonchev–Trinajstić information content (AvgIpc) is 3.09. The van der Waals surface area contributed by atoms with Crippen LogP contribution in [0.4, 0.5) is 4.79 Å². The van der Waals surface area contributed by atoms with E-state index in [4.69, 9.17) is 0 Å². The van der Waals surface area contributed by atoms with E-state index in [1.165, 1.54) is 19.3 Å². The second-order valence-electron chi connectivity index (χ2n) is 8.03. The maximum absolute atomic E-state index is 12.3. The van der Waals surface area contributed by atoms with E-state index in [1.807, 2.05) is 12.1 Å². The van der Waals surface area contributed by atoms with Crippen molar-refractivity contribution in [2.75, 3.05) is 0 Å². The number of nitrogens with zero attached hydrogens (tertiary/aromatic N) is 3. The Morgan fingerprint density at radius 1 is 1.23 bits per heavy atom. The number of carbonyl (C=O) groups is 1. The molecule has 2 amide bonds. The summed E-state index contributed by atoms with van der Waals surface area (Å²) in [6, 6.07) is 3.78. The van der Waals surface area contributed by atoms with Crippen LogP contribution in [0, 0.1) is 11.3 Å². The summed E-state index contributed by atoms with van der Waals surface area (Å²) < 4.78 is 0. The summed E-state index contributed by atoms with van der Waals surface area (Å²) in [5.74, 6) is 1.73. The third-order valence-electron chi connectivity index (χ3n) is 5.08. The first-order valence-electron chi connectivity index (χ1n) is 9.29. The van der Waals surface area contributed by atoms with E-state index in [-0.39, 0.29) is 17.5 Å². The predicted molar refractivity (Wildman–Crippen MR) is 100 cm³/mol. The number of hydrogen-bond donors (Lipinski definition) is 3. The highest BCUT2D eigenvalue weighted by molar-refractivity contribution is 5.74. The van der Waals surface area contributed by atoms with Crippen molar-refractivity contribution >= 4 is 6.03 Å². The molecule has 3 rings (SSSR count). The minimum atomic E-state index is -0.145. The monoisotopic (exact) mass is 356 g/mol. The molecule has 1 saturated carbocycles. The molecule has 3 N–H and O–H groups in total. The molecule has 1 aliphatic rings. The Bertz CT molecular complexity index is 721. The van der Waals surface area contributed by atoms with Gasteiger partial charge in [0.15, 0.2) is 5.82 Å². The molecule has 0 aromatic carbocycles. The van der Waals surface area contributed by atoms with Gasteiger partial charge in [0.25, 0.3) is 0 Å². The van der Waals surface area contributed by atoms with Crippen molar-refractivity contribution in [1.29, 1.82) is 0 Å². The van der Waals surface area contributed by atoms with Crippen molar-refractivity contribution < 1.29 is 4.79 Å². The van der Waals surface area contributed by atoms with E-state index in [1.54, 1.807) is 12.4 Å². The summed E-state index contributed by atoms with van der Waals surface area (Å²) in [7, 11) is 0. The molecule has 2 unspecified atom stereocenters. The summed E-state index contributed by atoms with van der Waals surface area (Å²) in [6.07, 6.45) is 8.04. The minimum absolute atomic E-state index is 0.145. The largest absolute Gasteiger partial charge is 0.335 e. The van der Waals surface area contributed by atoms with Crippen molar-refractivity contribution in [3.05, 3.63) is 30.4 Å². The Morgan fingerprint density at radius 3 is 2.69 bits per heavy atom. The first kappa shape index (κ1) is 18.4. The lowest BCUT2D eigenvalue weighted by molar-refractivity contribution is 0.133. The van der Waals surface area contributed by atoms with Crippen LogP contribution >= 0.6 is 0 Å². The van der Waals surface area contributed by atoms with Gasteiger partial charge in [0.1, 0.15) is 5.82 Å². The topological polar surface area (TPSA) is 95.6 Å². The maximum atomic E-state index is 12.3. The van der Waals surface area contributed by atoms with Gasteiger partial charge in [0.05, 0.1) is 6.54 Å². The Balaban J connectivity index is 1.53. The van der Waals surface area contributed by atoms with E-state index in [0.717, 1.165) is 12.0 Å². The van der Waals surface area contributed by atoms with Crippen LogP contribution in [0.2, 0.25) is 0 Å². The molecule has 7 nitrogen and oxygen atoms in total. The SMILES string of the molecule is CC(C)(C)C1CCCCC1NC(=O)NCc1nc(-c2ccncc2)n[nH]1. The first-order valence-corrected chi connectivity index (χ1v) is 9.29. The zero-order valence-corrected chi connectivity index (χ0v) is 15.7. The van der Waals surface area contributed by atoms with Crippen LogP contribution in [0.25, 0.3) is 11.4 Å². The molecule has 140 valence electrons. The number of carbonyl (C=O) groups excluding carboxylic acids is 1. The Morgan fingerprint density at radius 2 is 1.96 bits per heavy atom. The Kier molecular flexibility index (Phi) is 5.54. The Labute approximate surface area is 154 Å². The molecule has 2 aromatic rings. The molecule has 2 atom stereocenters. The van der Waals surface area contributed by atoms with Crippen molar-refractivity contribution in [2.45, 2.75) is 59.0 Å². The number of aromatic amines is 1. The second kappa shape index (κ2) is 7.85. The molecule has 0 saturated heterocycles. The summed E-state index contributed by atoms with van der Waals surface area (Å²) in [5.41, 5.74) is 1.09. The van der Waals surface area contributed by atoms with Crippen LogP contribution in [0.5, 0.6) is 0 Å². The van der Waals surface area contributed by atoms with Crippen LogP contribution < -0.4 is 10.6 Å². The predicted octanol–water partition coefficient (Wildman–Crippen LogP) is 3.27. The lowest BCUT2D eigenvalue weighted by Gasteiger charge is -2.40. The van der Waals surface area contributed by atoms with E-state index in [0.29, 0.717) is 24.1 Å². The number of amides is 2. The maximum Gasteiger partial charge on any atom is 0.315 e. The second-order valence-corrected chi connectivity index (χ2v) is 8.03. The zero-order valence-electron chi connectivity index (χ0n) is 15.7. The fourth-order valence-electron chi connectivity index (χ4n) is 3.73. The van der Waals surface area contributed by atoms with Gasteiger partial charge in [0, 0.05) is 24.0 Å². The highest BCUT2D eigenvalue weighted by Gasteiger charge is 2.34. The van der Waals surface area contributed by atoms with Crippen LogP contribution in [0.15, 0.2) is 24.5 Å². The fraction of sp³-hybridized carbons (Fsp3) is 0.579. The summed E-state index contributed by atoms with van der Waals surface area (Å²) in [5, 5.41) is 13.1. The molecule has 1 aliphatic carbocycles. The first-order chi connectivity index (χ1) is 12.4. The number of nitrogens with one attached hydrogen (secondary N) is 3. The van der Waals surface area contributed by atoms with Crippen molar-refractivity contribution in [2.24, 2.45) is 11.3 Å². The molecule has 7 heteroatoms. The summed E-state index contributed by atoms with van der Waals surface area (Å²) in [4.78, 5) is 20.7. The summed E-state index contributed by atoms with van der Waals surface area (Å²) >= 11 is 0. The normalized spacial score (nSPS) is 20.6. The molecule has 0 bridgehead atoms. The van der Waals surface area contributed by atoms with E-state index in [9.17, 15) is 4.79 Å². The molecular formula is C19H28N6O. The third kappa shape index (κ3) is 4.59. The summed E-state index contributed by atoms with van der Waals surface area (Å²) in [6.45, 7) is 7.08. The van der Waals surface area contributed by atoms with E-state index < -0.39 is 0 Å². The highest BCUT2D eigenvalue weighted by Crippen LogP contribution is 2.37. The standard InChI is InChI=1S/C19H28N6O/c1-19(2,3)14-6-4-5-7-15(14)22-18(26)21-12-16-23-17(25-24-16)13-8-10-20-11-9-13/h8-11,14-15H,4-7,12H2,1-3H3,(H2,21,22,26)(H,23,24,25). The van der Waals surface area contributed by atoms with Crippen LogP contribution in [-0.2, 0) is 6.54 Å². The molecule has 0 aliphatic heterocycles. The molecule has 2 aromatic heterocycles. The van der Waals surface area contributed by atoms with Crippen LogP contribution in [0.3, 0.4) is 0 Å². The number of urea groups is 1. The van der Waals surface area contributed by atoms with Gasteiger partial charge in [-0.1, -0.05) is 33.6 Å². The number of hydrogen-bond acceptors (Lipinski definition) is 4. The van der Waals surface area contributed by atoms with Gasteiger partial charge in [0.2, 0.25) is 0 Å². The van der Waals surface area contributed by atoms with Gasteiger partial charge in [-0.2, -0.15) is 5.10 Å². The third-order valence-corrected chi connectivity index (χ3v) is 5.08.